The van der Waals surface area contributed by atoms with Crippen molar-refractivity contribution in [1.29, 1.82) is 0 Å². The number of carbonyl (C=O) groups is 2. The topological polar surface area (TPSA) is 119 Å². The van der Waals surface area contributed by atoms with E-state index in [9.17, 15) is 19.8 Å². The zero-order chi connectivity index (χ0) is 23.2. The van der Waals surface area contributed by atoms with Gasteiger partial charge >= 0.3 is 0 Å². The molecule has 2 amide bonds. The molecule has 1 rings (SSSR count). The smallest absolute Gasteiger partial charge is 0.237 e. The highest BCUT2D eigenvalue weighted by atomic mass is 32.2. The van der Waals surface area contributed by atoms with Crippen molar-refractivity contribution < 1.29 is 19.8 Å². The lowest BCUT2D eigenvalue weighted by molar-refractivity contribution is -0.131. The fourth-order valence-corrected chi connectivity index (χ4v) is 4.16. The minimum absolute atomic E-state index is 0.0559. The summed E-state index contributed by atoms with van der Waals surface area (Å²) >= 11 is 1.53. The molecule has 178 valence electrons. The fourth-order valence-electron chi connectivity index (χ4n) is 3.13. The molecular weight excluding hydrogens is 418 g/mol. The Labute approximate surface area is 189 Å². The van der Waals surface area contributed by atoms with Gasteiger partial charge in [-0.2, -0.15) is 0 Å². The summed E-state index contributed by atoms with van der Waals surface area (Å²) in [6.45, 7) is 2.16. The number of hydrogen-bond donors (Lipinski definition) is 5. The Morgan fingerprint density at radius 1 is 1.13 bits per heavy atom. The maximum absolute atomic E-state index is 12.6. The molecule has 0 aliphatic rings. The van der Waals surface area contributed by atoms with Crippen LogP contribution < -0.4 is 16.0 Å². The molecule has 0 saturated heterocycles. The molecule has 0 aliphatic carbocycles. The molecule has 0 fully saturated rings. The van der Waals surface area contributed by atoms with Crippen LogP contribution in [-0.4, -0.2) is 84.1 Å². The van der Waals surface area contributed by atoms with E-state index in [4.69, 9.17) is 0 Å². The Kier molecular flexibility index (Phi) is 13.1. The number of nitrogens with zero attached hydrogens (tertiary/aromatic N) is 2. The van der Waals surface area contributed by atoms with Gasteiger partial charge in [0.05, 0.1) is 17.4 Å². The van der Waals surface area contributed by atoms with Gasteiger partial charge in [0.1, 0.15) is 0 Å². The molecule has 0 saturated carbocycles. The van der Waals surface area contributed by atoms with Gasteiger partial charge in [0.25, 0.3) is 0 Å². The van der Waals surface area contributed by atoms with E-state index in [0.29, 0.717) is 11.4 Å². The first-order chi connectivity index (χ1) is 14.8. The van der Waals surface area contributed by atoms with Crippen LogP contribution in [0, 0.1) is 0 Å². The van der Waals surface area contributed by atoms with Crippen molar-refractivity contribution in [2.45, 2.75) is 49.5 Å². The van der Waals surface area contributed by atoms with E-state index in [1.165, 1.54) is 16.3 Å². The highest BCUT2D eigenvalue weighted by Gasteiger charge is 2.25. The van der Waals surface area contributed by atoms with Gasteiger partial charge in [-0.1, -0.05) is 12.8 Å². The van der Waals surface area contributed by atoms with Gasteiger partial charge in [0.2, 0.25) is 17.7 Å². The monoisotopic (exact) mass is 457 g/mol. The van der Waals surface area contributed by atoms with E-state index in [2.05, 4.69) is 16.0 Å². The second-order valence-electron chi connectivity index (χ2n) is 7.63. The summed E-state index contributed by atoms with van der Waals surface area (Å²) in [7, 11) is 6.96. The number of amides is 2. The Balaban J connectivity index is 2.32. The van der Waals surface area contributed by atoms with E-state index in [0.717, 1.165) is 50.9 Å². The second kappa shape index (κ2) is 15.0. The molecule has 0 radical (unpaired) electrons. The maximum Gasteiger partial charge on any atom is 0.237 e. The van der Waals surface area contributed by atoms with Crippen LogP contribution in [0.5, 0.6) is 11.8 Å². The zero-order valence-corrected chi connectivity index (χ0v) is 20.1. The number of hydrogen-bond acceptors (Lipinski definition) is 7. The van der Waals surface area contributed by atoms with Crippen molar-refractivity contribution in [1.82, 2.24) is 25.4 Å². The predicted octanol–water partition coefficient (Wildman–Crippen LogP) is 1.25. The lowest BCUT2D eigenvalue weighted by Gasteiger charge is -2.26. The van der Waals surface area contributed by atoms with E-state index < -0.39 is 6.04 Å². The van der Waals surface area contributed by atoms with Crippen LogP contribution in [0.2, 0.25) is 0 Å². The summed E-state index contributed by atoms with van der Waals surface area (Å²) in [6.07, 6.45) is 4.99. The van der Waals surface area contributed by atoms with Gasteiger partial charge in [-0.25, -0.2) is 0 Å². The average Bonchev–Trinajstić information content (AvgIpc) is 3.00. The van der Waals surface area contributed by atoms with Crippen molar-refractivity contribution in [3.05, 3.63) is 6.07 Å². The maximum atomic E-state index is 12.6. The number of likely N-dealkylation sites (N-methyl/N-ethyl adjacent to an activating group) is 1. The Bertz CT molecular complexity index is 683. The van der Waals surface area contributed by atoms with Crippen LogP contribution in [0.25, 0.3) is 0 Å². The number of nitrogens with one attached hydrogen (secondary N) is 3. The van der Waals surface area contributed by atoms with Crippen LogP contribution in [0.1, 0.15) is 38.5 Å². The first kappa shape index (κ1) is 27.1. The Morgan fingerprint density at radius 2 is 1.84 bits per heavy atom. The molecule has 0 aromatic carbocycles. The summed E-state index contributed by atoms with van der Waals surface area (Å²) < 4.78 is 1.35. The highest BCUT2D eigenvalue weighted by Crippen LogP contribution is 2.34. The number of rotatable bonds is 16. The van der Waals surface area contributed by atoms with Crippen LogP contribution in [0.3, 0.4) is 0 Å². The molecular formula is C21H39N5O4S. The first-order valence-corrected chi connectivity index (χ1v) is 11.8. The third-order valence-electron chi connectivity index (χ3n) is 5.20. The van der Waals surface area contributed by atoms with Crippen LogP contribution in [0.15, 0.2) is 11.0 Å². The molecule has 9 nitrogen and oxygen atoms in total. The summed E-state index contributed by atoms with van der Waals surface area (Å²) in [4.78, 5) is 27.1. The van der Waals surface area contributed by atoms with Crippen LogP contribution >= 0.6 is 11.8 Å². The van der Waals surface area contributed by atoms with Gasteiger partial charge < -0.3 is 26.2 Å². The van der Waals surface area contributed by atoms with Gasteiger partial charge in [-0.05, 0) is 52.2 Å². The van der Waals surface area contributed by atoms with E-state index >= 15 is 0 Å². The SMILES string of the molecule is CNCCCNC(=O)C(CC(=O)NC)N(C)CCCCCCSc1cc(O)n(C)c1O. The van der Waals surface area contributed by atoms with Crippen LogP contribution in [0.4, 0.5) is 0 Å². The second-order valence-corrected chi connectivity index (χ2v) is 8.77. The third kappa shape index (κ3) is 9.84. The fraction of sp³-hybridized carbons (Fsp3) is 0.714. The quantitative estimate of drug-likeness (QED) is 0.187. The lowest BCUT2D eigenvalue weighted by atomic mass is 10.1. The first-order valence-electron chi connectivity index (χ1n) is 10.8. The third-order valence-corrected chi connectivity index (χ3v) is 6.30. The summed E-state index contributed by atoms with van der Waals surface area (Å²) in [5.41, 5.74) is 0. The Hall–Kier alpha value is -1.91. The molecule has 0 spiro atoms. The molecule has 1 heterocycles. The van der Waals surface area contributed by atoms with Crippen molar-refractivity contribution in [3.8, 4) is 11.8 Å². The predicted molar refractivity (Wildman–Crippen MR) is 125 cm³/mol. The lowest BCUT2D eigenvalue weighted by Crippen LogP contribution is -2.48. The molecule has 0 aliphatic heterocycles. The zero-order valence-electron chi connectivity index (χ0n) is 19.2. The number of carbonyl (C=O) groups excluding carboxylic acids is 2. The largest absolute Gasteiger partial charge is 0.494 e. The molecule has 31 heavy (non-hydrogen) atoms. The van der Waals surface area contributed by atoms with Gasteiger partial charge in [-0.15, -0.1) is 11.8 Å². The van der Waals surface area contributed by atoms with Gasteiger partial charge in [0, 0.05) is 26.7 Å². The normalized spacial score (nSPS) is 12.2. The van der Waals surface area contributed by atoms with Crippen LogP contribution in [-0.2, 0) is 16.6 Å². The number of unbranched alkanes of at least 4 members (excludes halogenated alkanes) is 3. The number of aromatic hydroxyl groups is 2. The molecule has 0 bridgehead atoms. The van der Waals surface area contributed by atoms with E-state index in [1.807, 2.05) is 19.0 Å². The molecule has 1 atom stereocenters. The minimum atomic E-state index is -0.473. The van der Waals surface area contributed by atoms with Gasteiger partial charge in [-0.3, -0.25) is 19.1 Å². The van der Waals surface area contributed by atoms with Crippen molar-refractivity contribution >= 4 is 23.6 Å². The highest BCUT2D eigenvalue weighted by molar-refractivity contribution is 7.99. The molecule has 1 unspecified atom stereocenters. The summed E-state index contributed by atoms with van der Waals surface area (Å²) in [6, 6.07) is 1.10. The Morgan fingerprint density at radius 3 is 2.45 bits per heavy atom. The summed E-state index contributed by atoms with van der Waals surface area (Å²) in [5, 5.41) is 28.1. The van der Waals surface area contributed by atoms with E-state index in [1.54, 1.807) is 20.2 Å². The van der Waals surface area contributed by atoms with Crippen molar-refractivity contribution in [2.24, 2.45) is 7.05 Å². The van der Waals surface area contributed by atoms with Crippen molar-refractivity contribution in [2.75, 3.05) is 46.5 Å². The summed E-state index contributed by atoms with van der Waals surface area (Å²) in [5.74, 6) is 0.760. The minimum Gasteiger partial charge on any atom is -0.494 e. The van der Waals surface area contributed by atoms with Gasteiger partial charge in [0.15, 0.2) is 5.88 Å². The van der Waals surface area contributed by atoms with E-state index in [-0.39, 0.29) is 30.0 Å². The molecule has 1 aromatic rings. The number of thioether (sulfide) groups is 1. The number of aromatic nitrogens is 1. The molecule has 1 aromatic heterocycles. The standard InChI is InChI=1S/C21H39N5O4S/c1-22-10-9-11-24-20(29)16(14-18(27)23-2)25(3)12-7-5-6-8-13-31-17-15-19(28)26(4)21(17)30/h15-16,22,28,30H,5-14H2,1-4H3,(H,23,27)(H,24,29). The molecule has 5 N–H and O–H groups in total. The van der Waals surface area contributed by atoms with Crippen molar-refractivity contribution in [3.63, 3.8) is 0 Å². The average molecular weight is 458 g/mol. The molecule has 10 heteroatoms.